The van der Waals surface area contributed by atoms with E-state index in [1.807, 2.05) is 15.5 Å². The Morgan fingerprint density at radius 1 is 1.27 bits per heavy atom. The Morgan fingerprint density at radius 3 is 2.77 bits per heavy atom. The lowest BCUT2D eigenvalue weighted by Crippen LogP contribution is -2.39. The Balaban J connectivity index is 1.60. The average molecular weight is 357 g/mol. The van der Waals surface area contributed by atoms with E-state index >= 15 is 0 Å². The quantitative estimate of drug-likeness (QED) is 0.844. The van der Waals surface area contributed by atoms with Gasteiger partial charge in [-0.2, -0.15) is 0 Å². The average Bonchev–Trinajstić information content (AvgIpc) is 3.25. The number of carbonyl (C=O) groups is 1. The molecule has 3 heterocycles. The Kier molecular flexibility index (Phi) is 4.42. The van der Waals surface area contributed by atoms with Gasteiger partial charge in [0.25, 0.3) is 0 Å². The number of amides is 1. The molecule has 1 aliphatic heterocycles. The predicted molar refractivity (Wildman–Crippen MR) is 96.4 cm³/mol. The summed E-state index contributed by atoms with van der Waals surface area (Å²) in [6.45, 7) is 5.22. The molecule has 1 amide bonds. The standard InChI is InChI=1S/C19H27N5O2/c1-19(2)6-4-13(5-7-19)18(25)24-12-14(26-3)10-15(24)17-22-21-16-11-20-8-9-23(16)17/h8-9,11,13-15H,4-7,10,12H2,1-3H3/t14-,15+/m1/s1. The Labute approximate surface area is 153 Å². The van der Waals surface area contributed by atoms with Gasteiger partial charge in [0, 0.05) is 38.4 Å². The van der Waals surface area contributed by atoms with Crippen LogP contribution in [-0.4, -0.2) is 50.1 Å². The molecule has 0 aromatic carbocycles. The summed E-state index contributed by atoms with van der Waals surface area (Å²) in [7, 11) is 1.71. The van der Waals surface area contributed by atoms with Gasteiger partial charge in [-0.15, -0.1) is 10.2 Å². The summed E-state index contributed by atoms with van der Waals surface area (Å²) in [5, 5.41) is 8.58. The first kappa shape index (κ1) is 17.4. The lowest BCUT2D eigenvalue weighted by molar-refractivity contribution is -0.138. The van der Waals surface area contributed by atoms with Crippen LogP contribution in [0.15, 0.2) is 18.6 Å². The molecule has 2 fully saturated rings. The van der Waals surface area contributed by atoms with E-state index in [-0.39, 0.29) is 24.0 Å². The van der Waals surface area contributed by atoms with Gasteiger partial charge in [-0.25, -0.2) is 0 Å². The van der Waals surface area contributed by atoms with Gasteiger partial charge in [-0.1, -0.05) is 13.8 Å². The number of aromatic nitrogens is 4. The van der Waals surface area contributed by atoms with Crippen LogP contribution >= 0.6 is 0 Å². The maximum absolute atomic E-state index is 13.3. The number of likely N-dealkylation sites (tertiary alicyclic amines) is 1. The fourth-order valence-electron chi connectivity index (χ4n) is 4.34. The van der Waals surface area contributed by atoms with Gasteiger partial charge in [0.1, 0.15) is 0 Å². The van der Waals surface area contributed by atoms with Gasteiger partial charge >= 0.3 is 0 Å². The van der Waals surface area contributed by atoms with Gasteiger partial charge in [0.2, 0.25) is 5.91 Å². The lowest BCUT2D eigenvalue weighted by Gasteiger charge is -2.36. The van der Waals surface area contributed by atoms with Crippen molar-refractivity contribution in [3.8, 4) is 0 Å². The molecule has 0 spiro atoms. The van der Waals surface area contributed by atoms with E-state index in [4.69, 9.17) is 4.74 Å². The van der Waals surface area contributed by atoms with Gasteiger partial charge < -0.3 is 9.64 Å². The maximum Gasteiger partial charge on any atom is 0.226 e. The van der Waals surface area contributed by atoms with Gasteiger partial charge in [0.05, 0.1) is 18.3 Å². The largest absolute Gasteiger partial charge is 0.380 e. The number of hydrogen-bond acceptors (Lipinski definition) is 5. The summed E-state index contributed by atoms with van der Waals surface area (Å²) in [5.41, 5.74) is 1.06. The number of methoxy groups -OCH3 is 1. The van der Waals surface area contributed by atoms with Crippen molar-refractivity contribution in [1.29, 1.82) is 0 Å². The number of fused-ring (bicyclic) bond motifs is 1. The summed E-state index contributed by atoms with van der Waals surface area (Å²) in [4.78, 5) is 19.4. The third kappa shape index (κ3) is 3.09. The summed E-state index contributed by atoms with van der Waals surface area (Å²) < 4.78 is 7.52. The monoisotopic (exact) mass is 357 g/mol. The van der Waals surface area contributed by atoms with Crippen molar-refractivity contribution >= 4 is 11.6 Å². The van der Waals surface area contributed by atoms with E-state index in [2.05, 4.69) is 29.0 Å². The van der Waals surface area contributed by atoms with Crippen LogP contribution in [0.5, 0.6) is 0 Å². The van der Waals surface area contributed by atoms with E-state index in [1.165, 1.54) is 0 Å². The van der Waals surface area contributed by atoms with Crippen molar-refractivity contribution in [2.75, 3.05) is 13.7 Å². The first-order chi connectivity index (χ1) is 12.5. The topological polar surface area (TPSA) is 72.6 Å². The zero-order valence-electron chi connectivity index (χ0n) is 15.8. The SMILES string of the molecule is CO[C@@H]1C[C@@H](c2nnc3cnccn23)N(C(=O)C2CCC(C)(C)CC2)C1. The molecular formula is C19H27N5O2. The van der Waals surface area contributed by atoms with Crippen LogP contribution in [0.2, 0.25) is 0 Å². The molecule has 2 aromatic heterocycles. The number of nitrogens with zero attached hydrogens (tertiary/aromatic N) is 5. The molecule has 0 radical (unpaired) electrons. The number of carbonyl (C=O) groups excluding carboxylic acids is 1. The number of rotatable bonds is 3. The van der Waals surface area contributed by atoms with E-state index in [9.17, 15) is 4.79 Å². The van der Waals surface area contributed by atoms with Crippen molar-refractivity contribution in [2.45, 2.75) is 58.1 Å². The number of ether oxygens (including phenoxy) is 1. The summed E-state index contributed by atoms with van der Waals surface area (Å²) in [5.74, 6) is 1.16. The number of hydrogen-bond donors (Lipinski definition) is 0. The Hall–Kier alpha value is -2.02. The second kappa shape index (κ2) is 6.61. The fourth-order valence-corrected chi connectivity index (χ4v) is 4.34. The normalized spacial score (nSPS) is 26.5. The third-order valence-corrected chi connectivity index (χ3v) is 6.11. The van der Waals surface area contributed by atoms with Gasteiger partial charge in [0.15, 0.2) is 11.5 Å². The first-order valence-corrected chi connectivity index (χ1v) is 9.46. The smallest absolute Gasteiger partial charge is 0.226 e. The van der Waals surface area contributed by atoms with Crippen molar-refractivity contribution < 1.29 is 9.53 Å². The van der Waals surface area contributed by atoms with Crippen molar-refractivity contribution in [3.63, 3.8) is 0 Å². The third-order valence-electron chi connectivity index (χ3n) is 6.11. The summed E-state index contributed by atoms with van der Waals surface area (Å²) in [6, 6.07) is -0.0974. The molecule has 1 aliphatic carbocycles. The van der Waals surface area contributed by atoms with Crippen LogP contribution in [0.25, 0.3) is 5.65 Å². The molecule has 7 nitrogen and oxygen atoms in total. The molecule has 0 unspecified atom stereocenters. The highest BCUT2D eigenvalue weighted by molar-refractivity contribution is 5.79. The predicted octanol–water partition coefficient (Wildman–Crippen LogP) is 2.63. The Morgan fingerprint density at radius 2 is 2.04 bits per heavy atom. The molecule has 2 atom stereocenters. The van der Waals surface area contributed by atoms with Crippen LogP contribution < -0.4 is 0 Å². The molecule has 0 N–H and O–H groups in total. The van der Waals surface area contributed by atoms with E-state index < -0.39 is 0 Å². The summed E-state index contributed by atoms with van der Waals surface area (Å²) in [6.07, 6.45) is 10.2. The second-order valence-corrected chi connectivity index (χ2v) is 8.40. The molecule has 26 heavy (non-hydrogen) atoms. The van der Waals surface area contributed by atoms with Crippen molar-refractivity contribution in [2.24, 2.45) is 11.3 Å². The molecule has 1 saturated heterocycles. The maximum atomic E-state index is 13.3. The first-order valence-electron chi connectivity index (χ1n) is 9.46. The van der Waals surface area contributed by atoms with E-state index in [1.54, 1.807) is 19.5 Å². The fraction of sp³-hybridized carbons (Fsp3) is 0.684. The zero-order chi connectivity index (χ0) is 18.3. The minimum absolute atomic E-state index is 0.0400. The zero-order valence-corrected chi connectivity index (χ0v) is 15.8. The summed E-state index contributed by atoms with van der Waals surface area (Å²) >= 11 is 0. The molecule has 4 rings (SSSR count). The van der Waals surface area contributed by atoms with Crippen LogP contribution in [0.1, 0.15) is 57.8 Å². The molecule has 2 aromatic rings. The van der Waals surface area contributed by atoms with E-state index in [0.717, 1.165) is 37.9 Å². The minimum atomic E-state index is -0.0974. The Bertz CT molecular complexity index is 792. The lowest BCUT2D eigenvalue weighted by atomic mass is 9.73. The molecule has 140 valence electrons. The highest BCUT2D eigenvalue weighted by atomic mass is 16.5. The van der Waals surface area contributed by atoms with Crippen molar-refractivity contribution in [3.05, 3.63) is 24.4 Å². The van der Waals surface area contributed by atoms with Crippen molar-refractivity contribution in [1.82, 2.24) is 24.5 Å². The van der Waals surface area contributed by atoms with Crippen LogP contribution in [-0.2, 0) is 9.53 Å². The highest BCUT2D eigenvalue weighted by Gasteiger charge is 2.42. The van der Waals surface area contributed by atoms with Gasteiger partial charge in [-0.3, -0.25) is 14.2 Å². The van der Waals surface area contributed by atoms with Crippen LogP contribution in [0, 0.1) is 11.3 Å². The van der Waals surface area contributed by atoms with E-state index in [0.29, 0.717) is 17.6 Å². The van der Waals surface area contributed by atoms with Crippen LogP contribution in [0.3, 0.4) is 0 Å². The highest BCUT2D eigenvalue weighted by Crippen LogP contribution is 2.41. The van der Waals surface area contributed by atoms with Crippen LogP contribution in [0.4, 0.5) is 0 Å². The second-order valence-electron chi connectivity index (χ2n) is 8.40. The minimum Gasteiger partial charge on any atom is -0.380 e. The van der Waals surface area contributed by atoms with Gasteiger partial charge in [-0.05, 0) is 31.1 Å². The molecule has 1 saturated carbocycles. The molecule has 2 aliphatic rings. The molecule has 0 bridgehead atoms. The molecule has 7 heteroatoms. The molecular weight excluding hydrogens is 330 g/mol.